The molecule has 4 nitrogen and oxygen atoms in total. The lowest BCUT2D eigenvalue weighted by Crippen LogP contribution is -2.10. The Hall–Kier alpha value is -1.36. The van der Waals surface area contributed by atoms with Crippen LogP contribution in [-0.2, 0) is 10.1 Å². The monoisotopic (exact) mass is 286 g/mol. The highest BCUT2D eigenvalue weighted by Crippen LogP contribution is 2.23. The lowest BCUT2D eigenvalue weighted by molar-refractivity contribution is -0.139. The van der Waals surface area contributed by atoms with Gasteiger partial charge >= 0.3 is 5.97 Å². The SMILES string of the molecule is CC(=O)c1ccc(OCC(=O)O)c(CBr)c1. The van der Waals surface area contributed by atoms with Crippen LogP contribution in [0.3, 0.4) is 0 Å². The van der Waals surface area contributed by atoms with Crippen LogP contribution < -0.4 is 4.74 Å². The summed E-state index contributed by atoms with van der Waals surface area (Å²) in [7, 11) is 0. The fraction of sp³-hybridized carbons (Fsp3) is 0.273. The first-order chi connectivity index (χ1) is 7.54. The highest BCUT2D eigenvalue weighted by Gasteiger charge is 2.08. The van der Waals surface area contributed by atoms with Crippen molar-refractivity contribution >= 4 is 27.7 Å². The molecule has 1 aromatic carbocycles. The van der Waals surface area contributed by atoms with Gasteiger partial charge in [0.2, 0.25) is 0 Å². The van der Waals surface area contributed by atoms with E-state index >= 15 is 0 Å². The van der Waals surface area contributed by atoms with Gasteiger partial charge in [-0.1, -0.05) is 15.9 Å². The molecule has 0 spiro atoms. The minimum absolute atomic E-state index is 0.0352. The van der Waals surface area contributed by atoms with Gasteiger partial charge in [0, 0.05) is 16.5 Å². The Morgan fingerprint density at radius 2 is 2.12 bits per heavy atom. The molecule has 0 heterocycles. The number of benzene rings is 1. The van der Waals surface area contributed by atoms with Crippen LogP contribution in [0.15, 0.2) is 18.2 Å². The summed E-state index contributed by atoms with van der Waals surface area (Å²) >= 11 is 3.26. The minimum atomic E-state index is -1.03. The number of carbonyl (C=O) groups is 2. The molecule has 1 N–H and O–H groups in total. The molecule has 0 saturated carbocycles. The molecule has 1 rings (SSSR count). The van der Waals surface area contributed by atoms with Crippen LogP contribution >= 0.6 is 15.9 Å². The maximum Gasteiger partial charge on any atom is 0.341 e. The molecular weight excluding hydrogens is 276 g/mol. The number of Topliss-reactive ketones (excluding diaryl/α,β-unsaturated/α-hetero) is 1. The number of alkyl halides is 1. The van der Waals surface area contributed by atoms with Crippen molar-refractivity contribution in [2.75, 3.05) is 6.61 Å². The van der Waals surface area contributed by atoms with Gasteiger partial charge in [-0.05, 0) is 25.1 Å². The van der Waals surface area contributed by atoms with Gasteiger partial charge in [-0.15, -0.1) is 0 Å². The molecule has 0 aliphatic carbocycles. The largest absolute Gasteiger partial charge is 0.482 e. The molecule has 0 unspecified atom stereocenters. The van der Waals surface area contributed by atoms with Gasteiger partial charge in [0.25, 0.3) is 0 Å². The summed E-state index contributed by atoms with van der Waals surface area (Å²) in [4.78, 5) is 21.5. The summed E-state index contributed by atoms with van der Waals surface area (Å²) in [5.74, 6) is -0.590. The van der Waals surface area contributed by atoms with Crippen LogP contribution in [0.2, 0.25) is 0 Å². The van der Waals surface area contributed by atoms with Crippen molar-refractivity contribution in [3.05, 3.63) is 29.3 Å². The first kappa shape index (κ1) is 12.7. The average molecular weight is 287 g/mol. The first-order valence-corrected chi connectivity index (χ1v) is 5.71. The molecule has 86 valence electrons. The van der Waals surface area contributed by atoms with Gasteiger partial charge in [0.1, 0.15) is 5.75 Å². The van der Waals surface area contributed by atoms with Crippen molar-refractivity contribution in [3.8, 4) is 5.75 Å². The Labute approximate surface area is 101 Å². The summed E-state index contributed by atoms with van der Waals surface area (Å²) in [5, 5.41) is 8.99. The van der Waals surface area contributed by atoms with Gasteiger partial charge < -0.3 is 9.84 Å². The zero-order chi connectivity index (χ0) is 12.1. The molecule has 0 radical (unpaired) electrons. The van der Waals surface area contributed by atoms with Gasteiger partial charge in [0.05, 0.1) is 0 Å². The molecule has 0 fully saturated rings. The Balaban J connectivity index is 2.93. The van der Waals surface area contributed by atoms with Crippen LogP contribution in [-0.4, -0.2) is 23.5 Å². The zero-order valence-electron chi connectivity index (χ0n) is 8.70. The standard InChI is InChI=1S/C11H11BrO4/c1-7(13)8-2-3-10(9(4-8)5-12)16-6-11(14)15/h2-4H,5-6H2,1H3,(H,14,15). The predicted molar refractivity (Wildman–Crippen MR) is 62.2 cm³/mol. The first-order valence-electron chi connectivity index (χ1n) is 4.59. The van der Waals surface area contributed by atoms with Gasteiger partial charge in [-0.2, -0.15) is 0 Å². The second-order valence-electron chi connectivity index (χ2n) is 3.19. The summed E-state index contributed by atoms with van der Waals surface area (Å²) in [6.45, 7) is 1.09. The summed E-state index contributed by atoms with van der Waals surface area (Å²) in [5.41, 5.74) is 1.34. The van der Waals surface area contributed by atoms with Crippen LogP contribution in [0.4, 0.5) is 0 Å². The van der Waals surface area contributed by atoms with Crippen molar-refractivity contribution in [2.24, 2.45) is 0 Å². The molecule has 0 saturated heterocycles. The van der Waals surface area contributed by atoms with Crippen LogP contribution in [0, 0.1) is 0 Å². The third kappa shape index (κ3) is 3.34. The number of hydrogen-bond donors (Lipinski definition) is 1. The van der Waals surface area contributed by atoms with E-state index < -0.39 is 5.97 Å². The predicted octanol–water partition coefficient (Wildman–Crippen LogP) is 2.25. The van der Waals surface area contributed by atoms with Crippen LogP contribution in [0.1, 0.15) is 22.8 Å². The van der Waals surface area contributed by atoms with E-state index in [1.54, 1.807) is 18.2 Å². The molecule has 0 aliphatic rings. The van der Waals surface area contributed by atoms with E-state index in [2.05, 4.69) is 15.9 Å². The Kier molecular flexibility index (Phi) is 4.49. The molecule has 1 aromatic rings. The molecule has 16 heavy (non-hydrogen) atoms. The molecule has 0 aromatic heterocycles. The molecule has 0 atom stereocenters. The maximum absolute atomic E-state index is 11.1. The van der Waals surface area contributed by atoms with Crippen LogP contribution in [0.5, 0.6) is 5.75 Å². The number of carboxylic acids is 1. The van der Waals surface area contributed by atoms with E-state index in [-0.39, 0.29) is 12.4 Å². The third-order valence-electron chi connectivity index (χ3n) is 1.96. The van der Waals surface area contributed by atoms with E-state index in [1.165, 1.54) is 6.92 Å². The lowest BCUT2D eigenvalue weighted by Gasteiger charge is -2.09. The molecule has 0 aliphatic heterocycles. The molecule has 0 amide bonds. The van der Waals surface area contributed by atoms with Gasteiger partial charge in [0.15, 0.2) is 12.4 Å². The van der Waals surface area contributed by atoms with Crippen molar-refractivity contribution in [2.45, 2.75) is 12.3 Å². The fourth-order valence-electron chi connectivity index (χ4n) is 1.18. The highest BCUT2D eigenvalue weighted by atomic mass is 79.9. The number of carboxylic acid groups (broad SMARTS) is 1. The van der Waals surface area contributed by atoms with Gasteiger partial charge in [-0.25, -0.2) is 4.79 Å². The number of hydrogen-bond acceptors (Lipinski definition) is 3. The van der Waals surface area contributed by atoms with Crippen molar-refractivity contribution < 1.29 is 19.4 Å². The van der Waals surface area contributed by atoms with Crippen molar-refractivity contribution in [3.63, 3.8) is 0 Å². The van der Waals surface area contributed by atoms with Gasteiger partial charge in [-0.3, -0.25) is 4.79 Å². The molecule has 5 heteroatoms. The number of rotatable bonds is 5. The number of ether oxygens (including phenoxy) is 1. The minimum Gasteiger partial charge on any atom is -0.482 e. The molecular formula is C11H11BrO4. The number of ketones is 1. The quantitative estimate of drug-likeness (QED) is 0.666. The van der Waals surface area contributed by atoms with E-state index in [4.69, 9.17) is 9.84 Å². The fourth-order valence-corrected chi connectivity index (χ4v) is 1.62. The average Bonchev–Trinajstić information content (AvgIpc) is 2.25. The normalized spacial score (nSPS) is 9.88. The Morgan fingerprint density at radius 3 is 2.62 bits per heavy atom. The number of aliphatic carboxylic acids is 1. The zero-order valence-corrected chi connectivity index (χ0v) is 10.3. The number of halogens is 1. The highest BCUT2D eigenvalue weighted by molar-refractivity contribution is 9.08. The van der Waals surface area contributed by atoms with Crippen molar-refractivity contribution in [1.82, 2.24) is 0 Å². The van der Waals surface area contributed by atoms with E-state index in [1.807, 2.05) is 0 Å². The topological polar surface area (TPSA) is 63.6 Å². The maximum atomic E-state index is 11.1. The molecule has 0 bridgehead atoms. The van der Waals surface area contributed by atoms with E-state index in [0.29, 0.717) is 16.6 Å². The Bertz CT molecular complexity index is 414. The lowest BCUT2D eigenvalue weighted by atomic mass is 10.1. The van der Waals surface area contributed by atoms with E-state index in [0.717, 1.165) is 5.56 Å². The smallest absolute Gasteiger partial charge is 0.341 e. The summed E-state index contributed by atoms with van der Waals surface area (Å²) in [6, 6.07) is 4.91. The number of carbonyl (C=O) groups excluding carboxylic acids is 1. The van der Waals surface area contributed by atoms with Crippen LogP contribution in [0.25, 0.3) is 0 Å². The second kappa shape index (κ2) is 5.65. The summed E-state index contributed by atoms with van der Waals surface area (Å²) < 4.78 is 5.08. The van der Waals surface area contributed by atoms with Crippen molar-refractivity contribution in [1.29, 1.82) is 0 Å². The Morgan fingerprint density at radius 1 is 1.44 bits per heavy atom. The summed E-state index contributed by atoms with van der Waals surface area (Å²) in [6.07, 6.45) is 0. The third-order valence-corrected chi connectivity index (χ3v) is 2.57. The second-order valence-corrected chi connectivity index (χ2v) is 3.76. The van der Waals surface area contributed by atoms with E-state index in [9.17, 15) is 9.59 Å².